The average molecular weight is 151 g/mol. The van der Waals surface area contributed by atoms with Gasteiger partial charge < -0.3 is 5.73 Å². The Labute approximate surface area is 66.7 Å². The van der Waals surface area contributed by atoms with Crippen molar-refractivity contribution < 1.29 is 0 Å². The van der Waals surface area contributed by atoms with E-state index in [0.717, 1.165) is 24.1 Å². The van der Waals surface area contributed by atoms with Gasteiger partial charge in [0.05, 0.1) is 0 Å². The number of aryl methyl sites for hydroxylation is 1. The Morgan fingerprint density at radius 2 is 2.18 bits per heavy atom. The lowest BCUT2D eigenvalue weighted by Gasteiger charge is -2.03. The Hall–Kier alpha value is -1.12. The molecule has 1 heterocycles. The van der Waals surface area contributed by atoms with Crippen LogP contribution in [0.15, 0.2) is 6.33 Å². The molecule has 1 rings (SSSR count). The molecule has 2 N–H and O–H groups in total. The molecule has 3 heteroatoms. The minimum absolute atomic E-state index is 0.600. The largest absolute Gasteiger partial charge is 0.383 e. The van der Waals surface area contributed by atoms with Gasteiger partial charge in [-0.1, -0.05) is 13.3 Å². The van der Waals surface area contributed by atoms with Crippen molar-refractivity contribution in [1.82, 2.24) is 9.97 Å². The highest BCUT2D eigenvalue weighted by Crippen LogP contribution is 2.10. The van der Waals surface area contributed by atoms with Gasteiger partial charge in [-0.2, -0.15) is 0 Å². The second kappa shape index (κ2) is 3.32. The number of nitrogen functional groups attached to an aromatic ring is 1. The third kappa shape index (κ3) is 1.67. The van der Waals surface area contributed by atoms with E-state index in [1.165, 1.54) is 6.33 Å². The second-order valence-corrected chi connectivity index (χ2v) is 2.58. The quantitative estimate of drug-likeness (QED) is 0.693. The zero-order chi connectivity index (χ0) is 8.27. The average Bonchev–Trinajstić information content (AvgIpc) is 1.99. The Morgan fingerprint density at radius 3 is 2.82 bits per heavy atom. The van der Waals surface area contributed by atoms with Crippen molar-refractivity contribution in [1.29, 1.82) is 0 Å². The zero-order valence-corrected chi connectivity index (χ0v) is 6.96. The SMILES string of the molecule is CCCc1ncnc(N)c1C. The van der Waals surface area contributed by atoms with Gasteiger partial charge in [-0.15, -0.1) is 0 Å². The molecule has 60 valence electrons. The third-order valence-electron chi connectivity index (χ3n) is 1.71. The van der Waals surface area contributed by atoms with Gasteiger partial charge in [0.25, 0.3) is 0 Å². The molecule has 0 saturated heterocycles. The summed E-state index contributed by atoms with van der Waals surface area (Å²) in [5.41, 5.74) is 7.69. The standard InChI is InChI=1S/C8H13N3/c1-3-4-7-6(2)8(9)11-5-10-7/h5H,3-4H2,1-2H3,(H2,9,10,11). The molecule has 0 bridgehead atoms. The van der Waals surface area contributed by atoms with Crippen LogP contribution in [0.4, 0.5) is 5.82 Å². The number of rotatable bonds is 2. The summed E-state index contributed by atoms with van der Waals surface area (Å²) in [6.07, 6.45) is 3.60. The van der Waals surface area contributed by atoms with E-state index in [2.05, 4.69) is 16.9 Å². The molecular formula is C8H13N3. The third-order valence-corrected chi connectivity index (χ3v) is 1.71. The number of hydrogen-bond donors (Lipinski definition) is 1. The molecule has 0 aromatic carbocycles. The molecule has 3 nitrogen and oxygen atoms in total. The number of anilines is 1. The number of nitrogens with zero attached hydrogens (tertiary/aromatic N) is 2. The zero-order valence-electron chi connectivity index (χ0n) is 6.96. The molecule has 0 radical (unpaired) electrons. The van der Waals surface area contributed by atoms with E-state index >= 15 is 0 Å². The maximum absolute atomic E-state index is 5.60. The number of nitrogens with two attached hydrogens (primary N) is 1. The summed E-state index contributed by atoms with van der Waals surface area (Å²) in [6, 6.07) is 0. The van der Waals surface area contributed by atoms with Crippen LogP contribution < -0.4 is 5.73 Å². The summed E-state index contributed by atoms with van der Waals surface area (Å²) in [6.45, 7) is 4.08. The Bertz CT molecular complexity index is 245. The van der Waals surface area contributed by atoms with Crippen LogP contribution in [0.3, 0.4) is 0 Å². The van der Waals surface area contributed by atoms with Crippen LogP contribution in [0.25, 0.3) is 0 Å². The minimum Gasteiger partial charge on any atom is -0.383 e. The fraction of sp³-hybridized carbons (Fsp3) is 0.500. The van der Waals surface area contributed by atoms with Crippen LogP contribution >= 0.6 is 0 Å². The first-order valence-electron chi connectivity index (χ1n) is 3.81. The minimum atomic E-state index is 0.600. The fourth-order valence-corrected chi connectivity index (χ4v) is 0.991. The highest BCUT2D eigenvalue weighted by atomic mass is 14.9. The van der Waals surface area contributed by atoms with E-state index in [4.69, 9.17) is 5.73 Å². The van der Waals surface area contributed by atoms with Gasteiger partial charge in [-0.25, -0.2) is 9.97 Å². The van der Waals surface area contributed by atoms with Crippen LogP contribution in [0.1, 0.15) is 24.6 Å². The van der Waals surface area contributed by atoms with E-state index in [1.807, 2.05) is 6.92 Å². The van der Waals surface area contributed by atoms with Gasteiger partial charge in [0.2, 0.25) is 0 Å². The summed E-state index contributed by atoms with van der Waals surface area (Å²) >= 11 is 0. The van der Waals surface area contributed by atoms with Crippen molar-refractivity contribution in [2.75, 3.05) is 5.73 Å². The molecule has 0 aliphatic carbocycles. The van der Waals surface area contributed by atoms with Crippen molar-refractivity contribution in [3.8, 4) is 0 Å². The molecular weight excluding hydrogens is 138 g/mol. The highest BCUT2D eigenvalue weighted by molar-refractivity contribution is 5.39. The first kappa shape index (κ1) is 7.98. The van der Waals surface area contributed by atoms with Crippen molar-refractivity contribution in [3.63, 3.8) is 0 Å². The lowest BCUT2D eigenvalue weighted by Crippen LogP contribution is -2.00. The normalized spacial score (nSPS) is 10.0. The van der Waals surface area contributed by atoms with Gasteiger partial charge >= 0.3 is 0 Å². The number of aromatic nitrogens is 2. The van der Waals surface area contributed by atoms with Gasteiger partial charge in [0, 0.05) is 11.3 Å². The van der Waals surface area contributed by atoms with Crippen molar-refractivity contribution in [2.24, 2.45) is 0 Å². The molecule has 1 aromatic heterocycles. The first-order chi connectivity index (χ1) is 5.25. The second-order valence-electron chi connectivity index (χ2n) is 2.58. The first-order valence-corrected chi connectivity index (χ1v) is 3.81. The Morgan fingerprint density at radius 1 is 1.45 bits per heavy atom. The van der Waals surface area contributed by atoms with Gasteiger partial charge in [0.1, 0.15) is 12.1 Å². The van der Waals surface area contributed by atoms with Crippen molar-refractivity contribution >= 4 is 5.82 Å². The lowest BCUT2D eigenvalue weighted by atomic mass is 10.1. The highest BCUT2D eigenvalue weighted by Gasteiger charge is 2.01. The molecule has 1 aromatic rings. The Balaban J connectivity index is 2.96. The summed E-state index contributed by atoms with van der Waals surface area (Å²) in [7, 11) is 0. The van der Waals surface area contributed by atoms with Crippen molar-refractivity contribution in [3.05, 3.63) is 17.6 Å². The van der Waals surface area contributed by atoms with Crippen LogP contribution in [0.5, 0.6) is 0 Å². The predicted octanol–water partition coefficient (Wildman–Crippen LogP) is 1.32. The van der Waals surface area contributed by atoms with Gasteiger partial charge in [-0.05, 0) is 13.3 Å². The molecule has 0 aliphatic rings. The maximum Gasteiger partial charge on any atom is 0.129 e. The van der Waals surface area contributed by atoms with Crippen molar-refractivity contribution in [2.45, 2.75) is 26.7 Å². The summed E-state index contributed by atoms with van der Waals surface area (Å²) in [5, 5.41) is 0. The molecule has 0 saturated carbocycles. The maximum atomic E-state index is 5.60. The smallest absolute Gasteiger partial charge is 0.129 e. The van der Waals surface area contributed by atoms with Crippen LogP contribution in [-0.4, -0.2) is 9.97 Å². The molecule has 11 heavy (non-hydrogen) atoms. The molecule has 0 amide bonds. The summed E-state index contributed by atoms with van der Waals surface area (Å²) in [5.74, 6) is 0.600. The van der Waals surface area contributed by atoms with Gasteiger partial charge in [-0.3, -0.25) is 0 Å². The topological polar surface area (TPSA) is 51.8 Å². The number of hydrogen-bond acceptors (Lipinski definition) is 3. The van der Waals surface area contributed by atoms with Gasteiger partial charge in [0.15, 0.2) is 0 Å². The Kier molecular flexibility index (Phi) is 2.41. The van der Waals surface area contributed by atoms with E-state index in [-0.39, 0.29) is 0 Å². The molecule has 0 fully saturated rings. The predicted molar refractivity (Wildman–Crippen MR) is 45.2 cm³/mol. The van der Waals surface area contributed by atoms with E-state index in [0.29, 0.717) is 5.82 Å². The van der Waals surface area contributed by atoms with Crippen LogP contribution in [0, 0.1) is 6.92 Å². The van der Waals surface area contributed by atoms with E-state index in [1.54, 1.807) is 0 Å². The van der Waals surface area contributed by atoms with E-state index in [9.17, 15) is 0 Å². The van der Waals surface area contributed by atoms with Crippen LogP contribution in [0.2, 0.25) is 0 Å². The summed E-state index contributed by atoms with van der Waals surface area (Å²) in [4.78, 5) is 8.03. The molecule has 0 spiro atoms. The molecule has 0 unspecified atom stereocenters. The fourth-order valence-electron chi connectivity index (χ4n) is 0.991. The lowest BCUT2D eigenvalue weighted by molar-refractivity contribution is 0.861. The summed E-state index contributed by atoms with van der Waals surface area (Å²) < 4.78 is 0. The molecule has 0 atom stereocenters. The van der Waals surface area contributed by atoms with E-state index < -0.39 is 0 Å². The van der Waals surface area contributed by atoms with Crippen LogP contribution in [-0.2, 0) is 6.42 Å². The monoisotopic (exact) mass is 151 g/mol. The molecule has 0 aliphatic heterocycles.